The van der Waals surface area contributed by atoms with E-state index in [4.69, 9.17) is 5.26 Å². The van der Waals surface area contributed by atoms with Gasteiger partial charge in [0.1, 0.15) is 0 Å². The van der Waals surface area contributed by atoms with Gasteiger partial charge in [-0.1, -0.05) is 6.07 Å². The molecule has 0 saturated carbocycles. The first-order valence-electron chi connectivity index (χ1n) is 8.20. The molecule has 0 saturated heterocycles. The Labute approximate surface area is 156 Å². The van der Waals surface area contributed by atoms with E-state index in [1.807, 2.05) is 6.07 Å². The summed E-state index contributed by atoms with van der Waals surface area (Å²) in [7, 11) is 0. The number of nitrogens with zero attached hydrogens (tertiary/aromatic N) is 2. The Kier molecular flexibility index (Phi) is 5.24. The maximum absolute atomic E-state index is 12.4. The number of aromatic nitrogens is 1. The fourth-order valence-electron chi connectivity index (χ4n) is 2.46. The van der Waals surface area contributed by atoms with Gasteiger partial charge >= 0.3 is 0 Å². The number of rotatable bonds is 5. The lowest BCUT2D eigenvalue weighted by Crippen LogP contribution is -2.12. The van der Waals surface area contributed by atoms with Gasteiger partial charge < -0.3 is 10.6 Å². The molecular formula is C21H16N4O2. The molecule has 1 aromatic heterocycles. The van der Waals surface area contributed by atoms with Crippen LogP contribution in [0.1, 0.15) is 33.2 Å². The molecule has 2 aromatic carbocycles. The number of hydrogen-bond donors (Lipinski definition) is 2. The zero-order valence-electron chi connectivity index (χ0n) is 14.6. The van der Waals surface area contributed by atoms with Crippen LogP contribution in [0.4, 0.5) is 17.1 Å². The molecular weight excluding hydrogens is 340 g/mol. The zero-order chi connectivity index (χ0) is 19.2. The molecule has 2 N–H and O–H groups in total. The number of carbonyl (C=O) groups excluding carboxylic acids is 2. The van der Waals surface area contributed by atoms with Gasteiger partial charge in [0.2, 0.25) is 0 Å². The summed E-state index contributed by atoms with van der Waals surface area (Å²) in [5, 5.41) is 14.8. The first-order valence-corrected chi connectivity index (χ1v) is 8.20. The topological polar surface area (TPSA) is 94.9 Å². The zero-order valence-corrected chi connectivity index (χ0v) is 14.6. The summed E-state index contributed by atoms with van der Waals surface area (Å²) in [5.74, 6) is -0.324. The fourth-order valence-corrected chi connectivity index (χ4v) is 2.46. The standard InChI is InChI=1S/C21H16N4O2/c1-14(26)16-5-7-18(8-6-16)24-20-10-17(12-23-13-20)21(27)25-19-4-2-3-15(9-19)11-22/h2-10,12-13,24H,1H3,(H,25,27). The predicted molar refractivity (Wildman–Crippen MR) is 103 cm³/mol. The molecule has 27 heavy (non-hydrogen) atoms. The molecule has 0 bridgehead atoms. The van der Waals surface area contributed by atoms with Crippen LogP contribution in [0.2, 0.25) is 0 Å². The second kappa shape index (κ2) is 7.93. The van der Waals surface area contributed by atoms with Gasteiger partial charge in [0.15, 0.2) is 5.78 Å². The number of nitrogens with one attached hydrogen (secondary N) is 2. The van der Waals surface area contributed by atoms with Crippen molar-refractivity contribution in [2.24, 2.45) is 0 Å². The van der Waals surface area contributed by atoms with E-state index in [1.54, 1.807) is 60.8 Å². The summed E-state index contributed by atoms with van der Waals surface area (Å²) >= 11 is 0. The second-order valence-electron chi connectivity index (χ2n) is 5.87. The van der Waals surface area contributed by atoms with Crippen molar-refractivity contribution < 1.29 is 9.59 Å². The molecule has 0 unspecified atom stereocenters. The van der Waals surface area contributed by atoms with Crippen LogP contribution in [-0.2, 0) is 0 Å². The Balaban J connectivity index is 1.73. The van der Waals surface area contributed by atoms with Gasteiger partial charge in [-0.2, -0.15) is 5.26 Å². The van der Waals surface area contributed by atoms with E-state index < -0.39 is 0 Å². The molecule has 6 nitrogen and oxygen atoms in total. The van der Waals surface area contributed by atoms with Crippen LogP contribution in [0.5, 0.6) is 0 Å². The molecule has 0 aliphatic rings. The van der Waals surface area contributed by atoms with E-state index in [0.29, 0.717) is 28.1 Å². The Morgan fingerprint density at radius 1 is 0.926 bits per heavy atom. The number of hydrogen-bond acceptors (Lipinski definition) is 5. The van der Waals surface area contributed by atoms with Crippen LogP contribution >= 0.6 is 0 Å². The summed E-state index contributed by atoms with van der Waals surface area (Å²) in [5.41, 5.74) is 3.44. The number of benzene rings is 2. The number of carbonyl (C=O) groups is 2. The number of ketones is 1. The van der Waals surface area contributed by atoms with Crippen LogP contribution in [0.15, 0.2) is 67.0 Å². The van der Waals surface area contributed by atoms with E-state index >= 15 is 0 Å². The molecule has 3 aromatic rings. The monoisotopic (exact) mass is 356 g/mol. The van der Waals surface area contributed by atoms with Crippen LogP contribution in [0, 0.1) is 11.3 Å². The molecule has 0 fully saturated rings. The number of nitriles is 1. The van der Waals surface area contributed by atoms with E-state index in [-0.39, 0.29) is 11.7 Å². The van der Waals surface area contributed by atoms with E-state index in [1.165, 1.54) is 13.1 Å². The van der Waals surface area contributed by atoms with E-state index in [2.05, 4.69) is 15.6 Å². The minimum Gasteiger partial charge on any atom is -0.354 e. The van der Waals surface area contributed by atoms with E-state index in [0.717, 1.165) is 5.69 Å². The lowest BCUT2D eigenvalue weighted by molar-refractivity contribution is 0.101. The molecule has 0 spiro atoms. The van der Waals surface area contributed by atoms with Crippen molar-refractivity contribution in [3.63, 3.8) is 0 Å². The van der Waals surface area contributed by atoms with Gasteiger partial charge in [-0.25, -0.2) is 0 Å². The van der Waals surface area contributed by atoms with Crippen molar-refractivity contribution in [1.82, 2.24) is 4.98 Å². The lowest BCUT2D eigenvalue weighted by Gasteiger charge is -2.09. The molecule has 3 rings (SSSR count). The normalized spacial score (nSPS) is 9.93. The average Bonchev–Trinajstić information content (AvgIpc) is 2.68. The maximum Gasteiger partial charge on any atom is 0.257 e. The van der Waals surface area contributed by atoms with Crippen molar-refractivity contribution in [3.05, 3.63) is 83.7 Å². The third-order valence-corrected chi connectivity index (χ3v) is 3.83. The van der Waals surface area contributed by atoms with Gasteiger partial charge in [-0.15, -0.1) is 0 Å². The highest BCUT2D eigenvalue weighted by molar-refractivity contribution is 6.04. The van der Waals surface area contributed by atoms with Crippen LogP contribution in [0.3, 0.4) is 0 Å². The highest BCUT2D eigenvalue weighted by Crippen LogP contribution is 2.18. The number of amides is 1. The average molecular weight is 356 g/mol. The molecule has 6 heteroatoms. The van der Waals surface area contributed by atoms with Gasteiger partial charge in [0.05, 0.1) is 29.1 Å². The Hall–Kier alpha value is -3.98. The largest absolute Gasteiger partial charge is 0.354 e. The summed E-state index contributed by atoms with van der Waals surface area (Å²) < 4.78 is 0. The van der Waals surface area contributed by atoms with Gasteiger partial charge in [0.25, 0.3) is 5.91 Å². The SMILES string of the molecule is CC(=O)c1ccc(Nc2cncc(C(=O)Nc3cccc(C#N)c3)c2)cc1. The predicted octanol–water partition coefficient (Wildman–Crippen LogP) is 4.15. The van der Waals surface area contributed by atoms with E-state index in [9.17, 15) is 9.59 Å². The second-order valence-corrected chi connectivity index (χ2v) is 5.87. The van der Waals surface area contributed by atoms with Gasteiger partial charge in [-0.05, 0) is 55.5 Å². The molecule has 1 heterocycles. The van der Waals surface area contributed by atoms with Crippen molar-refractivity contribution >= 4 is 28.8 Å². The van der Waals surface area contributed by atoms with Crippen LogP contribution in [-0.4, -0.2) is 16.7 Å². The molecule has 0 atom stereocenters. The number of Topliss-reactive ketones (excluding diaryl/α,β-unsaturated/α-hetero) is 1. The minimum atomic E-state index is -0.326. The third kappa shape index (κ3) is 4.55. The lowest BCUT2D eigenvalue weighted by atomic mass is 10.1. The quantitative estimate of drug-likeness (QED) is 0.670. The highest BCUT2D eigenvalue weighted by atomic mass is 16.1. The van der Waals surface area contributed by atoms with Crippen molar-refractivity contribution in [3.8, 4) is 6.07 Å². The molecule has 0 radical (unpaired) electrons. The van der Waals surface area contributed by atoms with Crippen LogP contribution in [0.25, 0.3) is 0 Å². The molecule has 0 aliphatic heterocycles. The third-order valence-electron chi connectivity index (χ3n) is 3.83. The number of pyridine rings is 1. The van der Waals surface area contributed by atoms with Crippen molar-refractivity contribution in [2.75, 3.05) is 10.6 Å². The molecule has 0 aliphatic carbocycles. The van der Waals surface area contributed by atoms with Gasteiger partial charge in [-0.3, -0.25) is 14.6 Å². The highest BCUT2D eigenvalue weighted by Gasteiger charge is 2.08. The minimum absolute atomic E-state index is 0.00218. The Bertz CT molecular complexity index is 1040. The summed E-state index contributed by atoms with van der Waals surface area (Å²) in [6.07, 6.45) is 3.07. The van der Waals surface area contributed by atoms with Gasteiger partial charge in [0, 0.05) is 23.1 Å². The molecule has 132 valence electrons. The maximum atomic E-state index is 12.4. The number of anilines is 3. The Morgan fingerprint density at radius 3 is 2.41 bits per heavy atom. The smallest absolute Gasteiger partial charge is 0.257 e. The summed E-state index contributed by atoms with van der Waals surface area (Å²) in [6, 6.07) is 17.4. The Morgan fingerprint density at radius 2 is 1.70 bits per heavy atom. The fraction of sp³-hybridized carbons (Fsp3) is 0.0476. The van der Waals surface area contributed by atoms with Crippen molar-refractivity contribution in [2.45, 2.75) is 6.92 Å². The summed E-state index contributed by atoms with van der Waals surface area (Å²) in [6.45, 7) is 1.51. The first kappa shape index (κ1) is 17.8. The first-order chi connectivity index (χ1) is 13.0. The van der Waals surface area contributed by atoms with Crippen molar-refractivity contribution in [1.29, 1.82) is 5.26 Å². The summed E-state index contributed by atoms with van der Waals surface area (Å²) in [4.78, 5) is 27.9. The molecule has 1 amide bonds. The van der Waals surface area contributed by atoms with Crippen LogP contribution < -0.4 is 10.6 Å².